The minimum Gasteiger partial charge on any atom is -0.396 e. The normalized spacial score (nSPS) is 16.4. The lowest BCUT2D eigenvalue weighted by atomic mass is 9.97. The van der Waals surface area contributed by atoms with Crippen molar-refractivity contribution >= 4 is 17.2 Å². The number of carbonyl (C=O) groups excluding carboxylic acids is 1. The third-order valence-corrected chi connectivity index (χ3v) is 4.85. The summed E-state index contributed by atoms with van der Waals surface area (Å²) in [5, 5.41) is 15.6. The largest absolute Gasteiger partial charge is 0.396 e. The number of carbonyl (C=O) groups is 1. The van der Waals surface area contributed by atoms with Gasteiger partial charge in [0, 0.05) is 32.9 Å². The summed E-state index contributed by atoms with van der Waals surface area (Å²) < 4.78 is 1.70. The summed E-state index contributed by atoms with van der Waals surface area (Å²) in [5.41, 5.74) is 1.43. The lowest BCUT2D eigenvalue weighted by Crippen LogP contribution is -2.39. The molecule has 5 nitrogen and oxygen atoms in total. The number of nitrogens with zero attached hydrogens (tertiary/aromatic N) is 3. The molecule has 3 heterocycles. The standard InChI is InChI=1S/C15H19N3O2S/c1-17-9-12(14(16-17)13-3-2-8-21-13)15(20)18-6-4-11(10-19)5-7-18/h2-3,8-9,11,19H,4-7,10H2,1H3. The zero-order valence-corrected chi connectivity index (χ0v) is 12.8. The van der Waals surface area contributed by atoms with Gasteiger partial charge in [-0.25, -0.2) is 0 Å². The van der Waals surface area contributed by atoms with Crippen LogP contribution in [0.2, 0.25) is 0 Å². The van der Waals surface area contributed by atoms with Gasteiger partial charge in [0.15, 0.2) is 0 Å². The molecular weight excluding hydrogens is 286 g/mol. The minimum atomic E-state index is 0.0443. The molecule has 1 aliphatic rings. The van der Waals surface area contributed by atoms with Crippen molar-refractivity contribution in [3.63, 3.8) is 0 Å². The van der Waals surface area contributed by atoms with E-state index in [1.165, 1.54) is 0 Å². The Hall–Kier alpha value is -1.66. The summed E-state index contributed by atoms with van der Waals surface area (Å²) >= 11 is 1.59. The number of hydrogen-bond acceptors (Lipinski definition) is 4. The number of piperidine rings is 1. The Morgan fingerprint density at radius 1 is 1.48 bits per heavy atom. The van der Waals surface area contributed by atoms with E-state index in [0.29, 0.717) is 24.6 Å². The number of aliphatic hydroxyl groups is 1. The third kappa shape index (κ3) is 2.87. The van der Waals surface area contributed by atoms with Gasteiger partial charge in [-0.1, -0.05) is 6.07 Å². The van der Waals surface area contributed by atoms with Gasteiger partial charge in [0.2, 0.25) is 0 Å². The van der Waals surface area contributed by atoms with Crippen LogP contribution in [0.15, 0.2) is 23.7 Å². The first kappa shape index (κ1) is 14.3. The number of aryl methyl sites for hydroxylation is 1. The molecule has 0 aromatic carbocycles. The molecule has 1 amide bonds. The highest BCUT2D eigenvalue weighted by Gasteiger charge is 2.26. The van der Waals surface area contributed by atoms with Crippen LogP contribution in [0.4, 0.5) is 0 Å². The van der Waals surface area contributed by atoms with Gasteiger partial charge in [0.05, 0.1) is 10.4 Å². The van der Waals surface area contributed by atoms with E-state index in [1.807, 2.05) is 29.5 Å². The number of thiophene rings is 1. The van der Waals surface area contributed by atoms with Gasteiger partial charge in [0.25, 0.3) is 5.91 Å². The Labute approximate surface area is 127 Å². The van der Waals surface area contributed by atoms with Crippen LogP contribution in [0, 0.1) is 5.92 Å². The highest BCUT2D eigenvalue weighted by molar-refractivity contribution is 7.13. The summed E-state index contributed by atoms with van der Waals surface area (Å²) in [6, 6.07) is 3.96. The fourth-order valence-corrected chi connectivity index (χ4v) is 3.45. The molecule has 0 bridgehead atoms. The third-order valence-electron chi connectivity index (χ3n) is 3.97. The SMILES string of the molecule is Cn1cc(C(=O)N2CCC(CO)CC2)c(-c2cccs2)n1. The van der Waals surface area contributed by atoms with Gasteiger partial charge >= 0.3 is 0 Å². The zero-order chi connectivity index (χ0) is 14.8. The summed E-state index contributed by atoms with van der Waals surface area (Å²) in [5.74, 6) is 0.377. The van der Waals surface area contributed by atoms with E-state index in [2.05, 4.69) is 5.10 Å². The Bertz CT molecular complexity index is 613. The van der Waals surface area contributed by atoms with E-state index < -0.39 is 0 Å². The van der Waals surface area contributed by atoms with Crippen molar-refractivity contribution in [1.29, 1.82) is 0 Å². The van der Waals surface area contributed by atoms with E-state index in [1.54, 1.807) is 22.2 Å². The van der Waals surface area contributed by atoms with E-state index in [9.17, 15) is 9.90 Å². The highest BCUT2D eigenvalue weighted by Crippen LogP contribution is 2.28. The first-order valence-corrected chi connectivity index (χ1v) is 8.04. The molecule has 1 saturated heterocycles. The van der Waals surface area contributed by atoms with Gasteiger partial charge < -0.3 is 10.0 Å². The van der Waals surface area contributed by atoms with Crippen molar-refractivity contribution in [2.45, 2.75) is 12.8 Å². The molecule has 0 aliphatic carbocycles. The first-order chi connectivity index (χ1) is 10.2. The zero-order valence-electron chi connectivity index (χ0n) is 12.0. The Morgan fingerprint density at radius 3 is 2.86 bits per heavy atom. The molecule has 21 heavy (non-hydrogen) atoms. The van der Waals surface area contributed by atoms with Crippen molar-refractivity contribution in [2.24, 2.45) is 13.0 Å². The molecule has 0 saturated carbocycles. The quantitative estimate of drug-likeness (QED) is 0.943. The second-order valence-electron chi connectivity index (χ2n) is 5.46. The maximum Gasteiger partial charge on any atom is 0.257 e. The number of rotatable bonds is 3. The van der Waals surface area contributed by atoms with Crippen molar-refractivity contribution in [1.82, 2.24) is 14.7 Å². The molecule has 1 fully saturated rings. The average Bonchev–Trinajstić information content (AvgIpc) is 3.15. The lowest BCUT2D eigenvalue weighted by Gasteiger charge is -2.31. The van der Waals surface area contributed by atoms with Crippen molar-refractivity contribution in [3.8, 4) is 10.6 Å². The molecule has 112 valence electrons. The second-order valence-corrected chi connectivity index (χ2v) is 6.41. The molecular formula is C15H19N3O2S. The summed E-state index contributed by atoms with van der Waals surface area (Å²) in [4.78, 5) is 15.6. The van der Waals surface area contributed by atoms with Crippen LogP contribution in [-0.4, -0.2) is 45.4 Å². The van der Waals surface area contributed by atoms with Gasteiger partial charge in [-0.3, -0.25) is 9.48 Å². The Morgan fingerprint density at radius 2 is 2.24 bits per heavy atom. The van der Waals surface area contributed by atoms with Gasteiger partial charge in [-0.15, -0.1) is 11.3 Å². The smallest absolute Gasteiger partial charge is 0.257 e. The minimum absolute atomic E-state index is 0.0443. The monoisotopic (exact) mass is 305 g/mol. The molecule has 0 unspecified atom stereocenters. The summed E-state index contributed by atoms with van der Waals surface area (Å²) in [6.07, 6.45) is 3.54. The number of amides is 1. The summed E-state index contributed by atoms with van der Waals surface area (Å²) in [7, 11) is 1.84. The van der Waals surface area contributed by atoms with Crippen molar-refractivity contribution in [3.05, 3.63) is 29.3 Å². The Kier molecular flexibility index (Phi) is 4.07. The van der Waals surface area contributed by atoms with Gasteiger partial charge in [-0.05, 0) is 30.2 Å². The van der Waals surface area contributed by atoms with E-state index in [-0.39, 0.29) is 12.5 Å². The van der Waals surface area contributed by atoms with Gasteiger partial charge in [-0.2, -0.15) is 5.10 Å². The van der Waals surface area contributed by atoms with Crippen LogP contribution in [0.5, 0.6) is 0 Å². The van der Waals surface area contributed by atoms with Gasteiger partial charge in [0.1, 0.15) is 5.69 Å². The number of hydrogen-bond donors (Lipinski definition) is 1. The van der Waals surface area contributed by atoms with Crippen LogP contribution in [0.25, 0.3) is 10.6 Å². The number of aliphatic hydroxyl groups excluding tert-OH is 1. The Balaban J connectivity index is 1.82. The summed E-state index contributed by atoms with van der Waals surface area (Å²) in [6.45, 7) is 1.64. The molecule has 0 radical (unpaired) electrons. The molecule has 0 atom stereocenters. The van der Waals surface area contributed by atoms with E-state index in [0.717, 1.165) is 23.4 Å². The van der Waals surface area contributed by atoms with Crippen molar-refractivity contribution < 1.29 is 9.90 Å². The van der Waals surface area contributed by atoms with Crippen LogP contribution in [-0.2, 0) is 7.05 Å². The maximum atomic E-state index is 12.7. The van der Waals surface area contributed by atoms with Crippen LogP contribution in [0.3, 0.4) is 0 Å². The molecule has 1 N–H and O–H groups in total. The average molecular weight is 305 g/mol. The fraction of sp³-hybridized carbons (Fsp3) is 0.467. The predicted molar refractivity (Wildman–Crippen MR) is 82.2 cm³/mol. The molecule has 1 aliphatic heterocycles. The van der Waals surface area contributed by atoms with E-state index >= 15 is 0 Å². The van der Waals surface area contributed by atoms with Crippen LogP contribution in [0.1, 0.15) is 23.2 Å². The molecule has 3 rings (SSSR count). The lowest BCUT2D eigenvalue weighted by molar-refractivity contribution is 0.0651. The number of likely N-dealkylation sites (tertiary alicyclic amines) is 1. The van der Waals surface area contributed by atoms with Crippen LogP contribution >= 0.6 is 11.3 Å². The van der Waals surface area contributed by atoms with Crippen LogP contribution < -0.4 is 0 Å². The van der Waals surface area contributed by atoms with E-state index in [4.69, 9.17) is 0 Å². The highest BCUT2D eigenvalue weighted by atomic mass is 32.1. The molecule has 2 aromatic heterocycles. The van der Waals surface area contributed by atoms with Crippen molar-refractivity contribution in [2.75, 3.05) is 19.7 Å². The number of aromatic nitrogens is 2. The topological polar surface area (TPSA) is 58.4 Å². The predicted octanol–water partition coefficient (Wildman–Crippen LogP) is 1.99. The molecule has 6 heteroatoms. The fourth-order valence-electron chi connectivity index (χ4n) is 2.73. The molecule has 2 aromatic rings. The second kappa shape index (κ2) is 5.99. The maximum absolute atomic E-state index is 12.7. The molecule has 0 spiro atoms. The first-order valence-electron chi connectivity index (χ1n) is 7.16.